The quantitative estimate of drug-likeness (QED) is 0.396. The average molecular weight is 445 g/mol. The summed E-state index contributed by atoms with van der Waals surface area (Å²) in [5, 5.41) is 13.2. The van der Waals surface area contributed by atoms with Crippen LogP contribution in [0.2, 0.25) is 0 Å². The van der Waals surface area contributed by atoms with E-state index in [2.05, 4.69) is 16.6 Å². The van der Waals surface area contributed by atoms with E-state index < -0.39 is 5.91 Å². The molecule has 33 heavy (non-hydrogen) atoms. The Morgan fingerprint density at radius 3 is 2.36 bits per heavy atom. The van der Waals surface area contributed by atoms with Gasteiger partial charge in [-0.05, 0) is 42.0 Å². The Kier molecular flexibility index (Phi) is 7.86. The van der Waals surface area contributed by atoms with Gasteiger partial charge in [-0.25, -0.2) is 5.43 Å². The van der Waals surface area contributed by atoms with Crippen LogP contribution in [-0.4, -0.2) is 33.5 Å². The summed E-state index contributed by atoms with van der Waals surface area (Å²) in [7, 11) is 4.56. The minimum Gasteiger partial charge on any atom is -0.497 e. The molecule has 1 N–H and O–H groups in total. The van der Waals surface area contributed by atoms with Crippen LogP contribution in [0.4, 0.5) is 0 Å². The Morgan fingerprint density at radius 1 is 0.970 bits per heavy atom. The Bertz CT molecular complexity index is 1180. The number of hydrogen-bond acceptors (Lipinski definition) is 7. The topological polar surface area (TPSA) is 102 Å². The summed E-state index contributed by atoms with van der Waals surface area (Å²) in [6.07, 6.45) is 1.49. The summed E-state index contributed by atoms with van der Waals surface area (Å²) in [6, 6.07) is 19.5. The van der Waals surface area contributed by atoms with Gasteiger partial charge in [0.2, 0.25) is 0 Å². The molecule has 8 nitrogen and oxygen atoms in total. The highest BCUT2D eigenvalue weighted by Gasteiger charge is 2.10. The molecule has 3 rings (SSSR count). The molecule has 0 saturated carbocycles. The third kappa shape index (κ3) is 6.02. The predicted octanol–water partition coefficient (Wildman–Crippen LogP) is 3.93. The van der Waals surface area contributed by atoms with Crippen LogP contribution in [-0.2, 0) is 6.61 Å². The van der Waals surface area contributed by atoms with E-state index in [4.69, 9.17) is 18.9 Å². The maximum absolute atomic E-state index is 12.4. The minimum atomic E-state index is -0.411. The second-order valence-electron chi connectivity index (χ2n) is 6.77. The zero-order valence-electron chi connectivity index (χ0n) is 18.5. The molecule has 3 aromatic carbocycles. The molecule has 0 saturated heterocycles. The Morgan fingerprint density at radius 2 is 1.70 bits per heavy atom. The van der Waals surface area contributed by atoms with Crippen LogP contribution in [0.3, 0.4) is 0 Å². The maximum atomic E-state index is 12.4. The number of amides is 1. The van der Waals surface area contributed by atoms with Crippen molar-refractivity contribution >= 4 is 12.1 Å². The van der Waals surface area contributed by atoms with E-state index in [0.717, 1.165) is 5.56 Å². The number of nitrogens with one attached hydrogen (secondary N) is 1. The van der Waals surface area contributed by atoms with Gasteiger partial charge in [0.1, 0.15) is 18.1 Å². The first-order valence-electron chi connectivity index (χ1n) is 9.93. The number of benzene rings is 3. The number of nitriles is 1. The first kappa shape index (κ1) is 23.2. The normalized spacial score (nSPS) is 10.4. The largest absolute Gasteiger partial charge is 0.497 e. The molecule has 8 heteroatoms. The van der Waals surface area contributed by atoms with Gasteiger partial charge in [0.25, 0.3) is 5.91 Å². The van der Waals surface area contributed by atoms with Crippen molar-refractivity contribution in [2.24, 2.45) is 5.10 Å². The number of carbonyl (C=O) groups is 1. The van der Waals surface area contributed by atoms with E-state index in [1.165, 1.54) is 27.5 Å². The fraction of sp³-hybridized carbons (Fsp3) is 0.160. The summed E-state index contributed by atoms with van der Waals surface area (Å²) < 4.78 is 21.6. The van der Waals surface area contributed by atoms with Crippen molar-refractivity contribution in [2.75, 3.05) is 21.3 Å². The van der Waals surface area contributed by atoms with Gasteiger partial charge < -0.3 is 18.9 Å². The van der Waals surface area contributed by atoms with Gasteiger partial charge in [-0.3, -0.25) is 4.79 Å². The fourth-order valence-corrected chi connectivity index (χ4v) is 2.96. The summed E-state index contributed by atoms with van der Waals surface area (Å²) in [6.45, 7) is 0.230. The van der Waals surface area contributed by atoms with Crippen LogP contribution in [0.5, 0.6) is 23.0 Å². The fourth-order valence-electron chi connectivity index (χ4n) is 2.96. The van der Waals surface area contributed by atoms with Crippen molar-refractivity contribution in [2.45, 2.75) is 6.61 Å². The highest BCUT2D eigenvalue weighted by atomic mass is 16.5. The third-order valence-corrected chi connectivity index (χ3v) is 4.70. The molecule has 0 aliphatic heterocycles. The molecule has 0 atom stereocenters. The summed E-state index contributed by atoms with van der Waals surface area (Å²) in [5.74, 6) is 1.61. The van der Waals surface area contributed by atoms with Crippen molar-refractivity contribution in [1.29, 1.82) is 5.26 Å². The molecule has 0 fully saturated rings. The van der Waals surface area contributed by atoms with E-state index in [-0.39, 0.29) is 6.61 Å². The molecule has 168 valence electrons. The summed E-state index contributed by atoms with van der Waals surface area (Å²) in [5.41, 5.74) is 4.86. The second kappa shape index (κ2) is 11.2. The number of ether oxygens (including phenoxy) is 4. The number of methoxy groups -OCH3 is 3. The average Bonchev–Trinajstić information content (AvgIpc) is 2.87. The number of hydrazone groups is 1. The summed E-state index contributed by atoms with van der Waals surface area (Å²) >= 11 is 0. The van der Waals surface area contributed by atoms with Gasteiger partial charge in [-0.1, -0.05) is 18.2 Å². The lowest BCUT2D eigenvalue weighted by molar-refractivity contribution is 0.0954. The standard InChI is InChI=1S/C25H23N3O5/c1-30-21-11-20(12-22(13-21)31-2)25(29)28-27-15-17-8-9-23(24(10-17)32-3)33-16-19-7-5-4-6-18(19)14-26/h4-13,15H,16H2,1-3H3,(H,28,29)/b27-15-. The van der Waals surface area contributed by atoms with Crippen molar-refractivity contribution < 1.29 is 23.7 Å². The molecule has 3 aromatic rings. The molecular formula is C25H23N3O5. The lowest BCUT2D eigenvalue weighted by atomic mass is 10.1. The Balaban J connectivity index is 1.67. The van der Waals surface area contributed by atoms with Crippen LogP contribution in [0.1, 0.15) is 27.0 Å². The molecule has 1 amide bonds. The number of hydrogen-bond donors (Lipinski definition) is 1. The van der Waals surface area contributed by atoms with Gasteiger partial charge in [-0.2, -0.15) is 10.4 Å². The molecule has 0 bridgehead atoms. The van der Waals surface area contributed by atoms with E-state index in [0.29, 0.717) is 39.7 Å². The molecular weight excluding hydrogens is 422 g/mol. The monoisotopic (exact) mass is 445 g/mol. The second-order valence-corrected chi connectivity index (χ2v) is 6.77. The van der Waals surface area contributed by atoms with E-state index >= 15 is 0 Å². The summed E-state index contributed by atoms with van der Waals surface area (Å²) in [4.78, 5) is 12.4. The van der Waals surface area contributed by atoms with Gasteiger partial charge in [0.15, 0.2) is 11.5 Å². The number of rotatable bonds is 9. The van der Waals surface area contributed by atoms with Crippen molar-refractivity contribution in [3.05, 3.63) is 82.9 Å². The molecule has 0 aliphatic rings. The Hall–Kier alpha value is -4.51. The van der Waals surface area contributed by atoms with Gasteiger partial charge in [0, 0.05) is 17.2 Å². The highest BCUT2D eigenvalue weighted by molar-refractivity contribution is 5.95. The molecule has 0 aliphatic carbocycles. The van der Waals surface area contributed by atoms with Crippen LogP contribution in [0, 0.1) is 11.3 Å². The molecule has 0 radical (unpaired) electrons. The molecule has 0 heterocycles. The van der Waals surface area contributed by atoms with Gasteiger partial charge in [-0.15, -0.1) is 0 Å². The van der Waals surface area contributed by atoms with Gasteiger partial charge >= 0.3 is 0 Å². The lowest BCUT2D eigenvalue weighted by Gasteiger charge is -2.12. The molecule has 0 unspecified atom stereocenters. The highest BCUT2D eigenvalue weighted by Crippen LogP contribution is 2.28. The van der Waals surface area contributed by atoms with Crippen molar-refractivity contribution in [1.82, 2.24) is 5.43 Å². The van der Waals surface area contributed by atoms with Crippen LogP contribution in [0.25, 0.3) is 0 Å². The van der Waals surface area contributed by atoms with Crippen LogP contribution in [0.15, 0.2) is 65.8 Å². The maximum Gasteiger partial charge on any atom is 0.271 e. The smallest absolute Gasteiger partial charge is 0.271 e. The van der Waals surface area contributed by atoms with E-state index in [1.807, 2.05) is 12.1 Å². The SMILES string of the molecule is COc1cc(OC)cc(C(=O)N/N=C\c2ccc(OCc3ccccc3C#N)c(OC)c2)c1. The number of nitrogens with zero attached hydrogens (tertiary/aromatic N) is 2. The first-order valence-corrected chi connectivity index (χ1v) is 9.93. The minimum absolute atomic E-state index is 0.230. The van der Waals surface area contributed by atoms with Crippen molar-refractivity contribution in [3.8, 4) is 29.1 Å². The number of carbonyl (C=O) groups excluding carboxylic acids is 1. The first-order chi connectivity index (χ1) is 16.1. The Labute approximate surface area is 192 Å². The zero-order valence-corrected chi connectivity index (χ0v) is 18.5. The van der Waals surface area contributed by atoms with Crippen LogP contribution >= 0.6 is 0 Å². The molecule has 0 aromatic heterocycles. The van der Waals surface area contributed by atoms with E-state index in [1.54, 1.807) is 48.5 Å². The van der Waals surface area contributed by atoms with Gasteiger partial charge in [0.05, 0.1) is 39.2 Å². The van der Waals surface area contributed by atoms with Crippen LogP contribution < -0.4 is 24.4 Å². The molecule has 0 spiro atoms. The predicted molar refractivity (Wildman–Crippen MR) is 123 cm³/mol. The third-order valence-electron chi connectivity index (χ3n) is 4.70. The lowest BCUT2D eigenvalue weighted by Crippen LogP contribution is -2.17. The van der Waals surface area contributed by atoms with E-state index in [9.17, 15) is 10.1 Å². The zero-order chi connectivity index (χ0) is 23.6. The van der Waals surface area contributed by atoms with Crippen molar-refractivity contribution in [3.63, 3.8) is 0 Å².